The summed E-state index contributed by atoms with van der Waals surface area (Å²) in [5, 5.41) is 9.41. The molecule has 0 aliphatic rings. The van der Waals surface area contributed by atoms with Gasteiger partial charge in [0.25, 0.3) is 5.91 Å². The minimum Gasteiger partial charge on any atom is -0.494 e. The molecule has 0 aliphatic heterocycles. The lowest BCUT2D eigenvalue weighted by molar-refractivity contribution is 0.0955. The molecule has 29 heavy (non-hydrogen) atoms. The van der Waals surface area contributed by atoms with Gasteiger partial charge in [-0.25, -0.2) is 4.99 Å². The molecule has 2 rings (SSSR count). The first-order valence-electron chi connectivity index (χ1n) is 9.77. The molecule has 2 aromatic carbocycles. The molecule has 0 atom stereocenters. The zero-order valence-corrected chi connectivity index (χ0v) is 19.7. The van der Waals surface area contributed by atoms with Crippen LogP contribution in [0.3, 0.4) is 0 Å². The molecular weight excluding hydrogens is 479 g/mol. The molecule has 0 spiro atoms. The lowest BCUT2D eigenvalue weighted by Crippen LogP contribution is -2.36. The van der Waals surface area contributed by atoms with Crippen LogP contribution in [-0.2, 0) is 13.1 Å². The third-order valence-electron chi connectivity index (χ3n) is 4.01. The summed E-state index contributed by atoms with van der Waals surface area (Å²) in [5.41, 5.74) is 2.71. The van der Waals surface area contributed by atoms with Gasteiger partial charge in [0.15, 0.2) is 5.96 Å². The van der Waals surface area contributed by atoms with Crippen molar-refractivity contribution in [3.63, 3.8) is 0 Å². The van der Waals surface area contributed by atoms with E-state index in [4.69, 9.17) is 4.74 Å². The van der Waals surface area contributed by atoms with Gasteiger partial charge in [0.2, 0.25) is 0 Å². The predicted octanol–water partition coefficient (Wildman–Crippen LogP) is 3.71. The van der Waals surface area contributed by atoms with Gasteiger partial charge in [-0.15, -0.1) is 24.0 Å². The number of benzene rings is 2. The number of aliphatic imine (C=N–C) groups is 1. The first-order chi connectivity index (χ1) is 13.7. The molecule has 0 saturated carbocycles. The molecule has 6 nitrogen and oxygen atoms in total. The van der Waals surface area contributed by atoms with Crippen LogP contribution in [0.5, 0.6) is 5.75 Å². The smallest absolute Gasteiger partial charge is 0.251 e. The highest BCUT2D eigenvalue weighted by Gasteiger charge is 2.06. The zero-order chi connectivity index (χ0) is 20.2. The van der Waals surface area contributed by atoms with Crippen LogP contribution in [0.25, 0.3) is 0 Å². The number of nitrogens with zero attached hydrogens (tertiary/aromatic N) is 1. The van der Waals surface area contributed by atoms with Crippen molar-refractivity contribution in [1.82, 2.24) is 16.0 Å². The van der Waals surface area contributed by atoms with Crippen molar-refractivity contribution in [1.29, 1.82) is 0 Å². The van der Waals surface area contributed by atoms with E-state index in [0.717, 1.165) is 29.4 Å². The number of rotatable bonds is 9. The molecule has 0 aromatic heterocycles. The summed E-state index contributed by atoms with van der Waals surface area (Å²) >= 11 is 0. The molecule has 0 heterocycles. The average molecular weight is 510 g/mol. The van der Waals surface area contributed by atoms with Crippen LogP contribution < -0.4 is 20.7 Å². The molecule has 0 bridgehead atoms. The SMILES string of the molecule is CCNC(=O)c1cccc(CN=C(NCC)NCc2ccccc2OCC)c1.I. The first kappa shape index (κ1) is 24.7. The number of nitrogens with one attached hydrogen (secondary N) is 3. The monoisotopic (exact) mass is 510 g/mol. The summed E-state index contributed by atoms with van der Waals surface area (Å²) in [6.07, 6.45) is 0. The molecule has 158 valence electrons. The third kappa shape index (κ3) is 8.31. The molecule has 0 saturated heterocycles. The fraction of sp³-hybridized carbons (Fsp3) is 0.364. The maximum atomic E-state index is 12.0. The van der Waals surface area contributed by atoms with Gasteiger partial charge in [0.1, 0.15) is 5.75 Å². The van der Waals surface area contributed by atoms with Crippen LogP contribution in [0, 0.1) is 0 Å². The maximum absolute atomic E-state index is 12.0. The minimum atomic E-state index is -0.0640. The Bertz CT molecular complexity index is 796. The van der Waals surface area contributed by atoms with E-state index in [1.807, 2.05) is 69.3 Å². The van der Waals surface area contributed by atoms with Crippen molar-refractivity contribution in [2.75, 3.05) is 19.7 Å². The van der Waals surface area contributed by atoms with Gasteiger partial charge in [-0.2, -0.15) is 0 Å². The van der Waals surface area contributed by atoms with Crippen LogP contribution in [0.15, 0.2) is 53.5 Å². The highest BCUT2D eigenvalue weighted by Crippen LogP contribution is 2.17. The average Bonchev–Trinajstić information content (AvgIpc) is 2.71. The molecule has 0 aliphatic carbocycles. The van der Waals surface area contributed by atoms with Crippen molar-refractivity contribution < 1.29 is 9.53 Å². The number of hydrogen-bond donors (Lipinski definition) is 3. The Morgan fingerprint density at radius 1 is 0.966 bits per heavy atom. The van der Waals surface area contributed by atoms with Gasteiger partial charge >= 0.3 is 0 Å². The lowest BCUT2D eigenvalue weighted by Gasteiger charge is -2.14. The summed E-state index contributed by atoms with van der Waals surface area (Å²) in [7, 11) is 0. The molecule has 0 unspecified atom stereocenters. The number of guanidine groups is 1. The highest BCUT2D eigenvalue weighted by atomic mass is 127. The second-order valence-electron chi connectivity index (χ2n) is 6.15. The molecular formula is C22H31IN4O2. The van der Waals surface area contributed by atoms with E-state index < -0.39 is 0 Å². The summed E-state index contributed by atoms with van der Waals surface area (Å²) in [6, 6.07) is 15.5. The lowest BCUT2D eigenvalue weighted by atomic mass is 10.1. The standard InChI is InChI=1S/C22H30N4O2.HI/c1-4-23-21(27)18-12-9-10-17(14-18)15-25-22(24-5-2)26-16-19-11-7-8-13-20(19)28-6-3;/h7-14H,4-6,15-16H2,1-3H3,(H,23,27)(H2,24,25,26);1H. The van der Waals surface area contributed by atoms with Crippen molar-refractivity contribution in [3.8, 4) is 5.75 Å². The van der Waals surface area contributed by atoms with Gasteiger partial charge < -0.3 is 20.7 Å². The summed E-state index contributed by atoms with van der Waals surface area (Å²) < 4.78 is 5.68. The van der Waals surface area contributed by atoms with E-state index in [2.05, 4.69) is 20.9 Å². The Kier molecular flexibility index (Phi) is 11.8. The number of hydrogen-bond acceptors (Lipinski definition) is 3. The van der Waals surface area contributed by atoms with Gasteiger partial charge in [0, 0.05) is 30.8 Å². The van der Waals surface area contributed by atoms with Crippen LogP contribution in [0.4, 0.5) is 0 Å². The minimum absolute atomic E-state index is 0. The topological polar surface area (TPSA) is 74.8 Å². The Morgan fingerprint density at radius 3 is 2.45 bits per heavy atom. The largest absolute Gasteiger partial charge is 0.494 e. The fourth-order valence-electron chi connectivity index (χ4n) is 2.71. The summed E-state index contributed by atoms with van der Waals surface area (Å²) in [4.78, 5) is 16.6. The van der Waals surface area contributed by atoms with Crippen LogP contribution >= 0.6 is 24.0 Å². The van der Waals surface area contributed by atoms with E-state index >= 15 is 0 Å². The van der Waals surface area contributed by atoms with E-state index in [9.17, 15) is 4.79 Å². The molecule has 7 heteroatoms. The van der Waals surface area contributed by atoms with Crippen molar-refractivity contribution >= 4 is 35.8 Å². The number of ether oxygens (including phenoxy) is 1. The number of halogens is 1. The Morgan fingerprint density at radius 2 is 1.72 bits per heavy atom. The van der Waals surface area contributed by atoms with Crippen molar-refractivity contribution in [3.05, 3.63) is 65.2 Å². The quantitative estimate of drug-likeness (QED) is 0.273. The van der Waals surface area contributed by atoms with Crippen LogP contribution in [0.1, 0.15) is 42.3 Å². The fourth-order valence-corrected chi connectivity index (χ4v) is 2.71. The molecule has 3 N–H and O–H groups in total. The van der Waals surface area contributed by atoms with Gasteiger partial charge in [-0.3, -0.25) is 4.79 Å². The van der Waals surface area contributed by atoms with E-state index in [0.29, 0.717) is 31.8 Å². The third-order valence-corrected chi connectivity index (χ3v) is 4.01. The normalized spacial score (nSPS) is 10.7. The van der Waals surface area contributed by atoms with Crippen LogP contribution in [0.2, 0.25) is 0 Å². The van der Waals surface area contributed by atoms with Crippen molar-refractivity contribution in [2.24, 2.45) is 4.99 Å². The molecule has 1 amide bonds. The molecule has 0 radical (unpaired) electrons. The van der Waals surface area contributed by atoms with Gasteiger partial charge in [-0.1, -0.05) is 30.3 Å². The molecule has 2 aromatic rings. The predicted molar refractivity (Wildman–Crippen MR) is 129 cm³/mol. The first-order valence-corrected chi connectivity index (χ1v) is 9.77. The molecule has 0 fully saturated rings. The highest BCUT2D eigenvalue weighted by molar-refractivity contribution is 14.0. The Hall–Kier alpha value is -2.29. The van der Waals surface area contributed by atoms with E-state index in [-0.39, 0.29) is 29.9 Å². The van der Waals surface area contributed by atoms with Gasteiger partial charge in [0.05, 0.1) is 13.2 Å². The van der Waals surface area contributed by atoms with E-state index in [1.54, 1.807) is 0 Å². The second kappa shape index (κ2) is 13.8. The maximum Gasteiger partial charge on any atom is 0.251 e. The zero-order valence-electron chi connectivity index (χ0n) is 17.3. The number of amides is 1. The van der Waals surface area contributed by atoms with E-state index in [1.165, 1.54) is 0 Å². The number of carbonyl (C=O) groups is 1. The van der Waals surface area contributed by atoms with Crippen LogP contribution in [-0.4, -0.2) is 31.6 Å². The van der Waals surface area contributed by atoms with Crippen molar-refractivity contribution in [2.45, 2.75) is 33.9 Å². The number of para-hydroxylation sites is 1. The van der Waals surface area contributed by atoms with Gasteiger partial charge in [-0.05, 0) is 44.5 Å². The Labute approximate surface area is 190 Å². The summed E-state index contributed by atoms with van der Waals surface area (Å²) in [5.74, 6) is 1.53. The Balaban J connectivity index is 0.00000420. The second-order valence-corrected chi connectivity index (χ2v) is 6.15. The number of carbonyl (C=O) groups excluding carboxylic acids is 1. The summed E-state index contributed by atoms with van der Waals surface area (Å²) in [6.45, 7) is 9.01.